The van der Waals surface area contributed by atoms with Crippen LogP contribution in [0.15, 0.2) is 65.7 Å². The largest absolute Gasteiger partial charge is 0.370 e. The number of rotatable bonds is 42. The van der Waals surface area contributed by atoms with E-state index in [-0.39, 0.29) is 83.0 Å². The predicted molar refractivity (Wildman–Crippen MR) is 356 cm³/mol. The van der Waals surface area contributed by atoms with Crippen LogP contribution in [-0.4, -0.2) is 198 Å². The van der Waals surface area contributed by atoms with E-state index in [2.05, 4.69) is 47.5 Å². The number of carbonyl (C=O) groups is 13. The Labute approximate surface area is 558 Å². The van der Waals surface area contributed by atoms with E-state index in [0.717, 1.165) is 0 Å². The SMILES string of the molecule is CSCC[C@H](NC(=O)[C@@H](CC(C)C)NC(=O)CNC(=O)[C@@H](Cc1ccccc1)NC(=O)[C@@H](Cc1ccccc1)NC(=O)[C@H](CCC(N)=O)NC(=O)[C@H](CCC(N)=O)NC(=O)[C@@H]1CCCN1C(=O)[C@@H](CCCCN)NC(=O)[C@H]1CCCN1C(=O)[C@@H](N)CCCN=C(N)N)C(N)=O. The zero-order chi connectivity index (χ0) is 70.1. The maximum Gasteiger partial charge on any atom is 0.245 e. The molecule has 2 aliphatic heterocycles. The summed E-state index contributed by atoms with van der Waals surface area (Å²) in [6.45, 7) is 3.86. The van der Waals surface area contributed by atoms with E-state index in [0.29, 0.717) is 55.4 Å². The molecule has 0 aromatic heterocycles. The maximum absolute atomic E-state index is 14.7. The molecule has 0 bridgehead atoms. The van der Waals surface area contributed by atoms with Crippen molar-refractivity contribution in [2.24, 2.45) is 51.0 Å². The summed E-state index contributed by atoms with van der Waals surface area (Å²) in [7, 11) is 0. The zero-order valence-electron chi connectivity index (χ0n) is 54.5. The number of benzene rings is 2. The summed E-state index contributed by atoms with van der Waals surface area (Å²) in [4.78, 5) is 185. The predicted octanol–water partition coefficient (Wildman–Crippen LogP) is -3.71. The van der Waals surface area contributed by atoms with Crippen molar-refractivity contribution in [2.75, 3.05) is 44.7 Å². The van der Waals surface area contributed by atoms with Crippen molar-refractivity contribution in [3.05, 3.63) is 71.8 Å². The Morgan fingerprint density at radius 1 is 0.537 bits per heavy atom. The minimum atomic E-state index is -1.64. The smallest absolute Gasteiger partial charge is 0.245 e. The van der Waals surface area contributed by atoms with Crippen molar-refractivity contribution in [2.45, 2.75) is 183 Å². The van der Waals surface area contributed by atoms with E-state index in [4.69, 9.17) is 40.1 Å². The topological polar surface area (TPSA) is 519 Å². The van der Waals surface area contributed by atoms with Gasteiger partial charge in [-0.15, -0.1) is 0 Å². The van der Waals surface area contributed by atoms with Gasteiger partial charge in [0, 0.05) is 45.3 Å². The molecule has 0 spiro atoms. The third kappa shape index (κ3) is 27.5. The van der Waals surface area contributed by atoms with E-state index in [1.165, 1.54) is 21.6 Å². The van der Waals surface area contributed by atoms with Gasteiger partial charge in [-0.1, -0.05) is 74.5 Å². The van der Waals surface area contributed by atoms with Crippen LogP contribution in [0.1, 0.15) is 121 Å². The summed E-state index contributed by atoms with van der Waals surface area (Å²) in [6.07, 6.45) is 3.12. The molecule has 31 nitrogen and oxygen atoms in total. The lowest BCUT2D eigenvalue weighted by molar-refractivity contribution is -0.144. The fourth-order valence-corrected chi connectivity index (χ4v) is 11.5. The Morgan fingerprint density at radius 2 is 1.01 bits per heavy atom. The van der Waals surface area contributed by atoms with Gasteiger partial charge in [-0.2, -0.15) is 11.8 Å². The number of hydrogen-bond donors (Lipinski definition) is 15. The van der Waals surface area contributed by atoms with Gasteiger partial charge in [0.2, 0.25) is 76.8 Å². The molecule has 2 saturated heterocycles. The molecule has 4 rings (SSSR count). The van der Waals surface area contributed by atoms with Gasteiger partial charge in [-0.25, -0.2) is 0 Å². The maximum atomic E-state index is 14.7. The first-order chi connectivity index (χ1) is 45.2. The molecule has 0 unspecified atom stereocenters. The highest BCUT2D eigenvalue weighted by atomic mass is 32.2. The summed E-state index contributed by atoms with van der Waals surface area (Å²) in [6, 6.07) is 4.51. The summed E-state index contributed by atoms with van der Waals surface area (Å²) in [5.41, 5.74) is 40.6. The highest BCUT2D eigenvalue weighted by Gasteiger charge is 2.42. The van der Waals surface area contributed by atoms with Gasteiger partial charge in [0.15, 0.2) is 5.96 Å². The van der Waals surface area contributed by atoms with E-state index in [9.17, 15) is 62.3 Å². The molecule has 2 heterocycles. The molecule has 0 radical (unpaired) electrons. The average molecular weight is 1350 g/mol. The minimum Gasteiger partial charge on any atom is -0.370 e. The standard InChI is InChI=1S/C63H98N18O13S/c1-37(2)33-45(57(89)74-41(53(68)85)27-32-95-3)73-52(84)36-72-54(86)46(34-38-15-6-4-7-16-38)78-58(90)47(35-39-17-8-5-9-18-39)79-56(88)42(23-25-50(66)82)75-55(87)43(24-26-51(67)83)76-59(91)49-22-14-31-81(49)62(94)44(20-10-11-28-64)77-60(92)48-21-13-30-80(48)61(93)40(65)19-12-29-71-63(69)70/h4-9,15-18,37,40-49H,10-14,19-36,64-65H2,1-3H3,(H2,66,82)(H2,67,83)(H2,68,85)(H,72,86)(H,73,84)(H,74,89)(H,75,87)(H,76,91)(H,77,92)(H,78,90)(H,79,88)(H4,69,70,71)/t40-,41-,42-,43-,44+,45+,46+,47+,48+,49-/m0/s1. The van der Waals surface area contributed by atoms with E-state index in [1.54, 1.807) is 60.7 Å². The second kappa shape index (κ2) is 41.0. The number of nitrogens with two attached hydrogens (primary N) is 7. The normalized spacial score (nSPS) is 16.8. The Kier molecular flexibility index (Phi) is 33.9. The van der Waals surface area contributed by atoms with Crippen LogP contribution >= 0.6 is 11.8 Å². The van der Waals surface area contributed by atoms with Crippen molar-refractivity contribution in [1.82, 2.24) is 52.3 Å². The molecule has 2 aliphatic rings. The van der Waals surface area contributed by atoms with Crippen molar-refractivity contribution in [1.29, 1.82) is 0 Å². The first kappa shape index (κ1) is 78.5. The first-order valence-electron chi connectivity index (χ1n) is 32.2. The van der Waals surface area contributed by atoms with Gasteiger partial charge < -0.3 is 92.5 Å². The summed E-state index contributed by atoms with van der Waals surface area (Å²) >= 11 is 1.45. The third-order valence-corrected chi connectivity index (χ3v) is 16.7. The molecular weight excluding hydrogens is 1250 g/mol. The lowest BCUT2D eigenvalue weighted by atomic mass is 10.0. The van der Waals surface area contributed by atoms with E-state index < -0.39 is 169 Å². The highest BCUT2D eigenvalue weighted by molar-refractivity contribution is 7.98. The van der Waals surface area contributed by atoms with Crippen LogP contribution < -0.4 is 82.7 Å². The van der Waals surface area contributed by atoms with E-state index >= 15 is 0 Å². The minimum absolute atomic E-state index is 0.0736. The van der Waals surface area contributed by atoms with Crippen LogP contribution in [-0.2, 0) is 75.2 Å². The van der Waals surface area contributed by atoms with Crippen molar-refractivity contribution < 1.29 is 62.3 Å². The van der Waals surface area contributed by atoms with Gasteiger partial charge in [0.1, 0.15) is 54.4 Å². The molecule has 0 saturated carbocycles. The van der Waals surface area contributed by atoms with Crippen LogP contribution in [0.25, 0.3) is 0 Å². The number of carbonyl (C=O) groups excluding carboxylic acids is 13. The van der Waals surface area contributed by atoms with Crippen molar-refractivity contribution in [3.63, 3.8) is 0 Å². The Bertz CT molecular complexity index is 2960. The lowest BCUT2D eigenvalue weighted by Gasteiger charge is -2.32. The van der Waals surface area contributed by atoms with Gasteiger partial charge in [-0.3, -0.25) is 67.3 Å². The molecule has 95 heavy (non-hydrogen) atoms. The molecule has 13 amide bonds. The second-order valence-corrected chi connectivity index (χ2v) is 25.1. The second-order valence-electron chi connectivity index (χ2n) is 24.1. The fraction of sp³-hybridized carbons (Fsp3) is 0.587. The number of primary amides is 3. The summed E-state index contributed by atoms with van der Waals surface area (Å²) in [5.74, 6) is -9.80. The molecule has 2 fully saturated rings. The van der Waals surface area contributed by atoms with Crippen LogP contribution in [0, 0.1) is 5.92 Å². The third-order valence-electron chi connectivity index (χ3n) is 16.0. The molecule has 524 valence electrons. The average Bonchev–Trinajstić information content (AvgIpc) is 1.74. The fourth-order valence-electron chi connectivity index (χ4n) is 11.0. The van der Waals surface area contributed by atoms with Gasteiger partial charge in [-0.05, 0) is 119 Å². The Balaban J connectivity index is 1.56. The van der Waals surface area contributed by atoms with Crippen LogP contribution in [0.3, 0.4) is 0 Å². The molecule has 10 atom stereocenters. The number of nitrogens with one attached hydrogen (secondary N) is 8. The van der Waals surface area contributed by atoms with Gasteiger partial charge in [0.25, 0.3) is 0 Å². The highest BCUT2D eigenvalue weighted by Crippen LogP contribution is 2.24. The van der Waals surface area contributed by atoms with Crippen LogP contribution in [0.2, 0.25) is 0 Å². The monoisotopic (exact) mass is 1350 g/mol. The zero-order valence-corrected chi connectivity index (χ0v) is 55.3. The number of hydrogen-bond acceptors (Lipinski definition) is 17. The van der Waals surface area contributed by atoms with Crippen LogP contribution in [0.4, 0.5) is 0 Å². The molecule has 0 aliphatic carbocycles. The summed E-state index contributed by atoms with van der Waals surface area (Å²) < 4.78 is 0. The Hall–Kier alpha value is -8.91. The molecule has 32 heteroatoms. The number of likely N-dealkylation sites (tertiary alicyclic amines) is 2. The van der Waals surface area contributed by atoms with E-state index in [1.807, 2.05) is 20.1 Å². The quantitative estimate of drug-likeness (QED) is 0.0173. The molecular formula is C63H98N18O13S. The molecule has 22 N–H and O–H groups in total. The molecule has 2 aromatic carbocycles. The number of guanidine groups is 1. The molecule has 2 aromatic rings. The lowest BCUT2D eigenvalue weighted by Crippen LogP contribution is -2.60. The van der Waals surface area contributed by atoms with Gasteiger partial charge >= 0.3 is 0 Å². The number of amides is 13. The van der Waals surface area contributed by atoms with Crippen molar-refractivity contribution in [3.8, 4) is 0 Å². The number of nitrogens with zero attached hydrogens (tertiary/aromatic N) is 3. The van der Waals surface area contributed by atoms with Gasteiger partial charge in [0.05, 0.1) is 12.6 Å². The van der Waals surface area contributed by atoms with Crippen LogP contribution in [0.5, 0.6) is 0 Å². The van der Waals surface area contributed by atoms with Crippen molar-refractivity contribution >= 4 is 94.5 Å². The number of unbranched alkanes of at least 4 members (excludes halogenated alkanes) is 1. The summed E-state index contributed by atoms with van der Waals surface area (Å²) in [5, 5.41) is 21.1. The number of thioether (sulfide) groups is 1. The Morgan fingerprint density at radius 3 is 1.51 bits per heavy atom. The first-order valence-corrected chi connectivity index (χ1v) is 33.6. The number of aliphatic imine (C=N–C) groups is 1.